The quantitative estimate of drug-likeness (QED) is 0.845. The Labute approximate surface area is 139 Å². The molecule has 1 heterocycles. The van der Waals surface area contributed by atoms with Crippen LogP contribution in [0, 0.1) is 6.92 Å². The summed E-state index contributed by atoms with van der Waals surface area (Å²) in [4.78, 5) is 27.5. The highest BCUT2D eigenvalue weighted by molar-refractivity contribution is 7.16. The van der Waals surface area contributed by atoms with Crippen molar-refractivity contribution in [2.45, 2.75) is 39.5 Å². The van der Waals surface area contributed by atoms with Crippen LogP contribution in [0.1, 0.15) is 36.6 Å². The Bertz CT molecular complexity index is 692. The molecular weight excluding hydrogens is 312 g/mol. The first-order valence-electron chi connectivity index (χ1n) is 7.56. The lowest BCUT2D eigenvalue weighted by Crippen LogP contribution is -2.24. The molecule has 1 amide bonds. The van der Waals surface area contributed by atoms with Crippen LogP contribution in [-0.4, -0.2) is 16.9 Å². The number of rotatable bonds is 7. The van der Waals surface area contributed by atoms with Crippen LogP contribution in [-0.2, 0) is 16.0 Å². The molecule has 2 rings (SSSR count). The molecule has 0 saturated heterocycles. The van der Waals surface area contributed by atoms with E-state index in [9.17, 15) is 14.7 Å². The molecule has 0 unspecified atom stereocenters. The van der Waals surface area contributed by atoms with Gasteiger partial charge in [0.2, 0.25) is 5.91 Å². The van der Waals surface area contributed by atoms with E-state index in [4.69, 9.17) is 0 Å². The SMILES string of the molecule is CCCc1ccc(-c2nc(NC(=O)CCC(=O)[O-])sc2C)cc1. The van der Waals surface area contributed by atoms with Gasteiger partial charge >= 0.3 is 0 Å². The lowest BCUT2D eigenvalue weighted by molar-refractivity contribution is -0.305. The van der Waals surface area contributed by atoms with Gasteiger partial charge in [-0.3, -0.25) is 4.79 Å². The summed E-state index contributed by atoms with van der Waals surface area (Å²) in [6.45, 7) is 4.09. The maximum atomic E-state index is 11.7. The van der Waals surface area contributed by atoms with Crippen LogP contribution in [0.4, 0.5) is 5.13 Å². The first kappa shape index (κ1) is 17.1. The van der Waals surface area contributed by atoms with Gasteiger partial charge in [0.15, 0.2) is 5.13 Å². The normalized spacial score (nSPS) is 10.5. The number of aromatic nitrogens is 1. The van der Waals surface area contributed by atoms with Crippen molar-refractivity contribution in [1.29, 1.82) is 0 Å². The van der Waals surface area contributed by atoms with E-state index in [0.717, 1.165) is 29.0 Å². The summed E-state index contributed by atoms with van der Waals surface area (Å²) >= 11 is 1.38. The Morgan fingerprint density at radius 2 is 1.91 bits per heavy atom. The number of carboxylic acid groups (broad SMARTS) is 1. The number of hydrogen-bond acceptors (Lipinski definition) is 5. The van der Waals surface area contributed by atoms with E-state index in [1.165, 1.54) is 16.9 Å². The second-order valence-corrected chi connectivity index (χ2v) is 6.49. The predicted molar refractivity (Wildman–Crippen MR) is 89.2 cm³/mol. The van der Waals surface area contributed by atoms with Crippen molar-refractivity contribution in [3.63, 3.8) is 0 Å². The number of carbonyl (C=O) groups excluding carboxylic acids is 2. The highest BCUT2D eigenvalue weighted by Gasteiger charge is 2.12. The smallest absolute Gasteiger partial charge is 0.226 e. The predicted octanol–water partition coefficient (Wildman–Crippen LogP) is 2.54. The largest absolute Gasteiger partial charge is 0.550 e. The Kier molecular flexibility index (Phi) is 5.87. The minimum atomic E-state index is -1.23. The molecule has 0 atom stereocenters. The lowest BCUT2D eigenvalue weighted by atomic mass is 10.1. The molecular formula is C17H19N2O3S-. The van der Waals surface area contributed by atoms with Gasteiger partial charge in [0.1, 0.15) is 0 Å². The third kappa shape index (κ3) is 4.89. The summed E-state index contributed by atoms with van der Waals surface area (Å²) in [6.07, 6.45) is 1.76. The first-order chi connectivity index (χ1) is 11.0. The monoisotopic (exact) mass is 331 g/mol. The number of carboxylic acids is 1. The average molecular weight is 331 g/mol. The fourth-order valence-corrected chi connectivity index (χ4v) is 3.09. The number of anilines is 1. The standard InChI is InChI=1S/C17H20N2O3S/c1-3-4-12-5-7-13(8-6-12)16-11(2)23-17(19-16)18-14(20)9-10-15(21)22/h5-8H,3-4,9-10H2,1-2H3,(H,21,22)(H,18,19,20)/p-1. The van der Waals surface area contributed by atoms with Gasteiger partial charge in [-0.1, -0.05) is 37.6 Å². The fourth-order valence-electron chi connectivity index (χ4n) is 2.23. The molecule has 2 aromatic rings. The third-order valence-electron chi connectivity index (χ3n) is 3.37. The summed E-state index contributed by atoms with van der Waals surface area (Å²) in [5, 5.41) is 13.5. The van der Waals surface area contributed by atoms with E-state index in [-0.39, 0.29) is 18.7 Å². The number of aryl methyl sites for hydroxylation is 2. The average Bonchev–Trinajstić information content (AvgIpc) is 2.87. The second-order valence-electron chi connectivity index (χ2n) is 5.29. The summed E-state index contributed by atoms with van der Waals surface area (Å²) < 4.78 is 0. The first-order valence-corrected chi connectivity index (χ1v) is 8.37. The van der Waals surface area contributed by atoms with E-state index in [1.54, 1.807) is 0 Å². The van der Waals surface area contributed by atoms with Crippen molar-refractivity contribution >= 4 is 28.3 Å². The number of nitrogens with one attached hydrogen (secondary N) is 1. The van der Waals surface area contributed by atoms with E-state index in [2.05, 4.69) is 29.4 Å². The lowest BCUT2D eigenvalue weighted by Gasteiger charge is -2.03. The minimum Gasteiger partial charge on any atom is -0.550 e. The van der Waals surface area contributed by atoms with E-state index < -0.39 is 5.97 Å². The number of nitrogens with zero attached hydrogens (tertiary/aromatic N) is 1. The molecule has 23 heavy (non-hydrogen) atoms. The maximum Gasteiger partial charge on any atom is 0.226 e. The molecule has 1 aromatic carbocycles. The zero-order valence-electron chi connectivity index (χ0n) is 13.2. The molecule has 1 N–H and O–H groups in total. The van der Waals surface area contributed by atoms with Crippen LogP contribution in [0.15, 0.2) is 24.3 Å². The number of benzene rings is 1. The zero-order chi connectivity index (χ0) is 16.8. The van der Waals surface area contributed by atoms with Crippen LogP contribution in [0.5, 0.6) is 0 Å². The summed E-state index contributed by atoms with van der Waals surface area (Å²) in [6, 6.07) is 8.26. The Morgan fingerprint density at radius 1 is 1.22 bits per heavy atom. The molecule has 122 valence electrons. The van der Waals surface area contributed by atoms with Crippen molar-refractivity contribution in [3.8, 4) is 11.3 Å². The molecule has 6 heteroatoms. The van der Waals surface area contributed by atoms with Crippen molar-refractivity contribution < 1.29 is 14.7 Å². The van der Waals surface area contributed by atoms with E-state index >= 15 is 0 Å². The van der Waals surface area contributed by atoms with Crippen LogP contribution in [0.3, 0.4) is 0 Å². The summed E-state index contributed by atoms with van der Waals surface area (Å²) in [7, 11) is 0. The molecule has 5 nitrogen and oxygen atoms in total. The molecule has 0 bridgehead atoms. The number of aliphatic carboxylic acids is 1. The third-order valence-corrected chi connectivity index (χ3v) is 4.25. The Morgan fingerprint density at radius 3 is 2.52 bits per heavy atom. The molecule has 0 saturated carbocycles. The minimum absolute atomic E-state index is 0.109. The molecule has 0 spiro atoms. The summed E-state index contributed by atoms with van der Waals surface area (Å²) in [5.74, 6) is -1.60. The summed E-state index contributed by atoms with van der Waals surface area (Å²) in [5.41, 5.74) is 3.14. The van der Waals surface area contributed by atoms with E-state index in [0.29, 0.717) is 5.13 Å². The van der Waals surface area contributed by atoms with Gasteiger partial charge in [0.25, 0.3) is 0 Å². The topological polar surface area (TPSA) is 82.1 Å². The molecule has 0 fully saturated rings. The molecule has 0 aliphatic heterocycles. The van der Waals surface area contributed by atoms with Crippen molar-refractivity contribution in [2.24, 2.45) is 0 Å². The van der Waals surface area contributed by atoms with Gasteiger partial charge in [0.05, 0.1) is 5.69 Å². The van der Waals surface area contributed by atoms with Gasteiger partial charge in [-0.05, 0) is 25.3 Å². The number of thiazole rings is 1. The molecule has 0 aliphatic carbocycles. The Hall–Kier alpha value is -2.21. The van der Waals surface area contributed by atoms with Gasteiger partial charge in [0, 0.05) is 22.8 Å². The van der Waals surface area contributed by atoms with Crippen LogP contribution < -0.4 is 10.4 Å². The molecule has 0 aliphatic rings. The van der Waals surface area contributed by atoms with Crippen molar-refractivity contribution in [3.05, 3.63) is 34.7 Å². The zero-order valence-corrected chi connectivity index (χ0v) is 14.0. The van der Waals surface area contributed by atoms with E-state index in [1.807, 2.05) is 19.1 Å². The number of hydrogen-bond donors (Lipinski definition) is 1. The molecule has 0 radical (unpaired) electrons. The van der Waals surface area contributed by atoms with Crippen LogP contribution in [0.25, 0.3) is 11.3 Å². The Balaban J connectivity index is 2.08. The fraction of sp³-hybridized carbons (Fsp3) is 0.353. The van der Waals surface area contributed by atoms with Crippen molar-refractivity contribution in [1.82, 2.24) is 4.98 Å². The van der Waals surface area contributed by atoms with Gasteiger partial charge in [-0.2, -0.15) is 0 Å². The van der Waals surface area contributed by atoms with Crippen LogP contribution >= 0.6 is 11.3 Å². The maximum absolute atomic E-state index is 11.7. The van der Waals surface area contributed by atoms with Crippen molar-refractivity contribution in [2.75, 3.05) is 5.32 Å². The van der Waals surface area contributed by atoms with Gasteiger partial charge in [-0.15, -0.1) is 11.3 Å². The molecule has 1 aromatic heterocycles. The van der Waals surface area contributed by atoms with Gasteiger partial charge < -0.3 is 15.2 Å². The second kappa shape index (κ2) is 7.87. The van der Waals surface area contributed by atoms with Gasteiger partial charge in [-0.25, -0.2) is 4.98 Å². The number of amides is 1. The highest BCUT2D eigenvalue weighted by Crippen LogP contribution is 2.30. The highest BCUT2D eigenvalue weighted by atomic mass is 32.1. The number of carbonyl (C=O) groups is 2. The van der Waals surface area contributed by atoms with Crippen LogP contribution in [0.2, 0.25) is 0 Å².